The van der Waals surface area contributed by atoms with Gasteiger partial charge in [0.1, 0.15) is 11.6 Å². The topological polar surface area (TPSA) is 57.7 Å². The second-order valence-corrected chi connectivity index (χ2v) is 6.36. The number of carbonyl (C=O) groups excluding carboxylic acids is 1. The van der Waals surface area contributed by atoms with E-state index in [1.54, 1.807) is 13.8 Å². The summed E-state index contributed by atoms with van der Waals surface area (Å²) in [6.07, 6.45) is 0. The van der Waals surface area contributed by atoms with Crippen molar-refractivity contribution in [2.75, 3.05) is 26.7 Å². The summed E-state index contributed by atoms with van der Waals surface area (Å²) in [6, 6.07) is 2.79. The molecule has 5 nitrogen and oxygen atoms in total. The van der Waals surface area contributed by atoms with Gasteiger partial charge in [-0.05, 0) is 26.0 Å². The van der Waals surface area contributed by atoms with E-state index in [1.165, 1.54) is 4.90 Å². The van der Waals surface area contributed by atoms with Crippen molar-refractivity contribution in [3.8, 4) is 0 Å². The minimum atomic E-state index is -4.41. The largest absolute Gasteiger partial charge is 0.342 e. The molecule has 0 bridgehead atoms. The Kier molecular flexibility index (Phi) is 5.79. The van der Waals surface area contributed by atoms with Gasteiger partial charge in [0.15, 0.2) is 4.90 Å². The number of amides is 1. The Morgan fingerprint density at radius 2 is 1.62 bits per heavy atom. The molecule has 0 aromatic heterocycles. The van der Waals surface area contributed by atoms with Crippen LogP contribution in [0.1, 0.15) is 13.8 Å². The number of benzene rings is 1. The van der Waals surface area contributed by atoms with E-state index in [0.717, 1.165) is 25.2 Å². The molecule has 1 aromatic rings. The van der Waals surface area contributed by atoms with E-state index in [2.05, 4.69) is 0 Å². The predicted molar refractivity (Wildman–Crippen MR) is 74.1 cm³/mol. The van der Waals surface area contributed by atoms with Crippen LogP contribution in [0, 0.1) is 11.6 Å². The number of sulfonamides is 1. The van der Waals surface area contributed by atoms with Crippen molar-refractivity contribution in [2.45, 2.75) is 18.7 Å². The lowest BCUT2D eigenvalue weighted by atomic mass is 10.3. The van der Waals surface area contributed by atoms with Crippen molar-refractivity contribution in [3.05, 3.63) is 29.8 Å². The molecule has 0 aliphatic carbocycles. The Morgan fingerprint density at radius 3 is 2.05 bits per heavy atom. The minimum Gasteiger partial charge on any atom is -0.342 e. The highest BCUT2D eigenvalue weighted by molar-refractivity contribution is 7.89. The number of carbonyl (C=O) groups is 1. The van der Waals surface area contributed by atoms with Crippen molar-refractivity contribution >= 4 is 15.9 Å². The SMILES string of the molecule is CCN(CC)C(=O)CN(C)S(=O)(=O)c1c(F)cccc1F. The van der Waals surface area contributed by atoms with Crippen LogP contribution in [0.15, 0.2) is 23.1 Å². The van der Waals surface area contributed by atoms with Crippen LogP contribution in [0.4, 0.5) is 8.78 Å². The van der Waals surface area contributed by atoms with Crippen LogP contribution in [0.5, 0.6) is 0 Å². The molecule has 0 aliphatic rings. The fourth-order valence-corrected chi connectivity index (χ4v) is 3.06. The molecule has 1 amide bonds. The maximum Gasteiger partial charge on any atom is 0.249 e. The summed E-state index contributed by atoms with van der Waals surface area (Å²) in [4.78, 5) is 12.3. The minimum absolute atomic E-state index is 0.428. The van der Waals surface area contributed by atoms with Crippen LogP contribution in [0.25, 0.3) is 0 Å². The number of hydrogen-bond donors (Lipinski definition) is 0. The molecule has 0 saturated carbocycles. The lowest BCUT2D eigenvalue weighted by Crippen LogP contribution is -2.41. The lowest BCUT2D eigenvalue weighted by Gasteiger charge is -2.23. The van der Waals surface area contributed by atoms with Gasteiger partial charge < -0.3 is 4.90 Å². The first-order valence-corrected chi connectivity index (χ1v) is 7.87. The molecule has 0 saturated heterocycles. The summed E-state index contributed by atoms with van der Waals surface area (Å²) < 4.78 is 52.2. The van der Waals surface area contributed by atoms with Gasteiger partial charge in [0.25, 0.3) is 0 Å². The van der Waals surface area contributed by atoms with E-state index >= 15 is 0 Å². The van der Waals surface area contributed by atoms with Gasteiger partial charge in [-0.15, -0.1) is 0 Å². The van der Waals surface area contributed by atoms with E-state index < -0.39 is 39.0 Å². The third-order valence-corrected chi connectivity index (χ3v) is 4.92. The molecule has 1 rings (SSSR count). The van der Waals surface area contributed by atoms with Crippen LogP contribution >= 0.6 is 0 Å². The zero-order chi connectivity index (χ0) is 16.2. The molecule has 0 fully saturated rings. The van der Waals surface area contributed by atoms with Crippen molar-refractivity contribution in [3.63, 3.8) is 0 Å². The third-order valence-electron chi connectivity index (χ3n) is 3.06. The highest BCUT2D eigenvalue weighted by Crippen LogP contribution is 2.21. The molecule has 0 aliphatic heterocycles. The predicted octanol–water partition coefficient (Wildman–Crippen LogP) is 1.45. The Hall–Kier alpha value is -1.54. The highest BCUT2D eigenvalue weighted by Gasteiger charge is 2.30. The molecular formula is C13H18F2N2O3S. The van der Waals surface area contributed by atoms with Crippen molar-refractivity contribution in [1.82, 2.24) is 9.21 Å². The van der Waals surface area contributed by atoms with Crippen LogP contribution in [0.3, 0.4) is 0 Å². The van der Waals surface area contributed by atoms with E-state index in [4.69, 9.17) is 0 Å². The monoisotopic (exact) mass is 320 g/mol. The molecular weight excluding hydrogens is 302 g/mol. The van der Waals surface area contributed by atoms with Gasteiger partial charge >= 0.3 is 0 Å². The van der Waals surface area contributed by atoms with E-state index in [9.17, 15) is 22.0 Å². The van der Waals surface area contributed by atoms with E-state index in [1.807, 2.05) is 0 Å². The first kappa shape index (κ1) is 17.5. The zero-order valence-corrected chi connectivity index (χ0v) is 13.0. The second kappa shape index (κ2) is 6.95. The highest BCUT2D eigenvalue weighted by atomic mass is 32.2. The van der Waals surface area contributed by atoms with Crippen LogP contribution in [-0.4, -0.2) is 50.2 Å². The molecule has 0 heterocycles. The van der Waals surface area contributed by atoms with Gasteiger partial charge in [0.05, 0.1) is 6.54 Å². The molecule has 0 unspecified atom stereocenters. The van der Waals surface area contributed by atoms with E-state index in [0.29, 0.717) is 17.4 Å². The summed E-state index contributed by atoms with van der Waals surface area (Å²) in [7, 11) is -3.30. The van der Waals surface area contributed by atoms with Gasteiger partial charge in [0.2, 0.25) is 15.9 Å². The molecule has 1 aromatic carbocycles. The molecule has 21 heavy (non-hydrogen) atoms. The molecule has 0 radical (unpaired) electrons. The number of likely N-dealkylation sites (N-methyl/N-ethyl adjacent to an activating group) is 2. The zero-order valence-electron chi connectivity index (χ0n) is 12.1. The maximum absolute atomic E-state index is 13.6. The molecule has 118 valence electrons. The second-order valence-electron chi connectivity index (χ2n) is 4.38. The lowest BCUT2D eigenvalue weighted by molar-refractivity contribution is -0.130. The Balaban J connectivity index is 3.06. The quantitative estimate of drug-likeness (QED) is 0.797. The van der Waals surface area contributed by atoms with Crippen LogP contribution in [-0.2, 0) is 14.8 Å². The van der Waals surface area contributed by atoms with Crippen molar-refractivity contribution in [2.24, 2.45) is 0 Å². The number of hydrogen-bond acceptors (Lipinski definition) is 3. The molecule has 8 heteroatoms. The molecule has 0 spiro atoms. The first-order valence-electron chi connectivity index (χ1n) is 6.43. The standard InChI is InChI=1S/C13H18F2N2O3S/c1-4-17(5-2)12(18)9-16(3)21(19,20)13-10(14)7-6-8-11(13)15/h6-8H,4-5,9H2,1-3H3. The molecule has 0 atom stereocenters. The van der Waals surface area contributed by atoms with E-state index in [-0.39, 0.29) is 0 Å². The number of rotatable bonds is 6. The molecule has 0 N–H and O–H groups in total. The van der Waals surface area contributed by atoms with Gasteiger partial charge in [-0.3, -0.25) is 4.79 Å². The Morgan fingerprint density at radius 1 is 1.14 bits per heavy atom. The summed E-state index contributed by atoms with van der Waals surface area (Å²) in [5.41, 5.74) is 0. The van der Waals surface area contributed by atoms with Gasteiger partial charge in [-0.25, -0.2) is 17.2 Å². The van der Waals surface area contributed by atoms with Crippen molar-refractivity contribution in [1.29, 1.82) is 0 Å². The fourth-order valence-electron chi connectivity index (χ4n) is 1.84. The summed E-state index contributed by atoms with van der Waals surface area (Å²) in [6.45, 7) is 3.89. The maximum atomic E-state index is 13.6. The third kappa shape index (κ3) is 3.76. The summed E-state index contributed by atoms with van der Waals surface area (Å²) >= 11 is 0. The number of nitrogens with zero attached hydrogens (tertiary/aromatic N) is 2. The van der Waals surface area contributed by atoms with Crippen LogP contribution < -0.4 is 0 Å². The summed E-state index contributed by atoms with van der Waals surface area (Å²) in [5, 5.41) is 0. The van der Waals surface area contributed by atoms with Gasteiger partial charge in [-0.2, -0.15) is 4.31 Å². The average Bonchev–Trinajstić information content (AvgIpc) is 2.39. The van der Waals surface area contributed by atoms with Gasteiger partial charge in [-0.1, -0.05) is 6.07 Å². The Bertz CT molecular complexity index is 596. The van der Waals surface area contributed by atoms with Crippen molar-refractivity contribution < 1.29 is 22.0 Å². The van der Waals surface area contributed by atoms with Crippen LogP contribution in [0.2, 0.25) is 0 Å². The first-order chi connectivity index (χ1) is 9.75. The fraction of sp³-hybridized carbons (Fsp3) is 0.462. The summed E-state index contributed by atoms with van der Waals surface area (Å²) in [5.74, 6) is -2.79. The smallest absolute Gasteiger partial charge is 0.249 e. The number of halogens is 2. The van der Waals surface area contributed by atoms with Gasteiger partial charge in [0, 0.05) is 20.1 Å². The Labute approximate surface area is 123 Å². The normalized spacial score (nSPS) is 11.7. The average molecular weight is 320 g/mol.